The summed E-state index contributed by atoms with van der Waals surface area (Å²) in [7, 11) is -6.27. The maximum absolute atomic E-state index is 14.8. The molecule has 3 rings (SSSR count). The lowest BCUT2D eigenvalue weighted by atomic mass is 9.95. The molecule has 1 aromatic carbocycles. The number of hydrogen-bond donors (Lipinski definition) is 2. The van der Waals surface area contributed by atoms with Gasteiger partial charge >= 0.3 is 7.69 Å². The average Bonchev–Trinajstić information content (AvgIpc) is 3.11. The minimum absolute atomic E-state index is 0. The molecule has 209 valence electrons. The highest BCUT2D eigenvalue weighted by Gasteiger charge is 2.56. The zero-order chi connectivity index (χ0) is 29.9. The van der Waals surface area contributed by atoms with Crippen LogP contribution in [-0.4, -0.2) is 47.7 Å². The van der Waals surface area contributed by atoms with Crippen molar-refractivity contribution in [3.8, 4) is 0 Å². The van der Waals surface area contributed by atoms with Crippen LogP contribution < -0.4 is 0 Å². The molecule has 0 saturated carbocycles. The Morgan fingerprint density at radius 3 is 1.42 bits per heavy atom. The molecule has 7 heteroatoms. The Labute approximate surface area is 236 Å². The number of carbonyl (C=O) groups excluding carboxylic acids is 1. The lowest BCUT2D eigenvalue weighted by Gasteiger charge is -2.52. The highest BCUT2D eigenvalue weighted by molar-refractivity contribution is 7.01. The van der Waals surface area contributed by atoms with Crippen molar-refractivity contribution in [2.75, 3.05) is 0 Å². The van der Waals surface area contributed by atoms with Crippen LogP contribution in [-0.2, 0) is 4.79 Å². The molecule has 3 nitrogen and oxygen atoms in total. The number of fused-ring (bicyclic) bond motifs is 3. The van der Waals surface area contributed by atoms with E-state index in [0.29, 0.717) is 5.78 Å². The molecule has 0 atom stereocenters. The van der Waals surface area contributed by atoms with Gasteiger partial charge in [0.1, 0.15) is 0 Å². The van der Waals surface area contributed by atoms with Gasteiger partial charge in [0.25, 0.3) is 0 Å². The van der Waals surface area contributed by atoms with Crippen LogP contribution in [0.5, 0.6) is 0 Å². The molecule has 0 unspecified atom stereocenters. The second-order valence-electron chi connectivity index (χ2n) is 15.7. The highest BCUT2D eigenvalue weighted by atomic mass is 28.3. The summed E-state index contributed by atoms with van der Waals surface area (Å²) >= 11 is 0. The molecular formula is C31H52BO3Si3. The Balaban J connectivity index is 0.00000161. The fraction of sp³-hybridized carbons (Fsp3) is 0.581. The second kappa shape index (κ2) is 10.3. The lowest BCUT2D eigenvalue weighted by molar-refractivity contribution is -0.111. The molecule has 2 aliphatic rings. The maximum Gasteiger partial charge on any atom is 0.482 e. The summed E-state index contributed by atoms with van der Waals surface area (Å²) in [5.41, 5.74) is 4.77. The molecule has 0 saturated heterocycles. The van der Waals surface area contributed by atoms with E-state index >= 15 is 0 Å². The molecule has 0 aliphatic heterocycles. The average molecular weight is 568 g/mol. The first-order valence-electron chi connectivity index (χ1n) is 13.9. The number of rotatable bonds is 3. The van der Waals surface area contributed by atoms with Gasteiger partial charge in [0, 0.05) is 5.57 Å². The smallest absolute Gasteiger partial charge is 0.429 e. The van der Waals surface area contributed by atoms with E-state index in [4.69, 9.17) is 10.0 Å². The largest absolute Gasteiger partial charge is 0.482 e. The Bertz CT molecular complexity index is 1200. The highest BCUT2D eigenvalue weighted by Crippen LogP contribution is 2.59. The molecule has 0 heterocycles. The topological polar surface area (TPSA) is 57.5 Å². The van der Waals surface area contributed by atoms with E-state index < -0.39 is 24.2 Å². The van der Waals surface area contributed by atoms with Crippen molar-refractivity contribution in [1.82, 2.24) is 0 Å². The van der Waals surface area contributed by atoms with Crippen molar-refractivity contribution in [2.45, 2.75) is 117 Å². The molecule has 38 heavy (non-hydrogen) atoms. The third kappa shape index (κ3) is 5.26. The molecule has 0 amide bonds. The number of Topliss-reactive ketones (excluding diaryl/α,β-unsaturated/α-hetero) is 1. The number of hydrogen-bond acceptors (Lipinski definition) is 3. The fourth-order valence-corrected chi connectivity index (χ4v) is 15.9. The molecule has 0 aromatic heterocycles. The zero-order valence-corrected chi connectivity index (χ0v) is 29.8. The van der Waals surface area contributed by atoms with Crippen molar-refractivity contribution in [3.05, 3.63) is 56.6 Å². The van der Waals surface area contributed by atoms with Crippen LogP contribution in [0.4, 0.5) is 0 Å². The van der Waals surface area contributed by atoms with Crippen molar-refractivity contribution < 1.29 is 14.8 Å². The van der Waals surface area contributed by atoms with Gasteiger partial charge in [0.05, 0.1) is 24.2 Å². The molecule has 0 spiro atoms. The third-order valence-corrected chi connectivity index (χ3v) is 27.5. The number of carbonyl (C=O) groups is 1. The summed E-state index contributed by atoms with van der Waals surface area (Å²) in [4.78, 5) is 14.8. The Morgan fingerprint density at radius 2 is 1.00 bits per heavy atom. The van der Waals surface area contributed by atoms with Gasteiger partial charge in [-0.3, -0.25) is 4.79 Å². The molecule has 2 aliphatic carbocycles. The standard InChI is InChI=1S/C31H50OSi3.BH2O2/c1-29(2,3)33(10,11)26-24-22-19-17-16-18-21(22)20-23(24)25(32)27(34(12,13)30(4,5)6)28(26)35(14,15)31(7,8)9;2-1-3/h16-20H,1-15H3;2-3H. The molecule has 0 fully saturated rings. The second-order valence-corrected chi connectivity index (χ2v) is 31.5. The predicted octanol–water partition coefficient (Wildman–Crippen LogP) is 8.36. The molecular weight excluding hydrogens is 515 g/mol. The van der Waals surface area contributed by atoms with Crippen LogP contribution in [0.15, 0.2) is 45.4 Å². The molecule has 1 aromatic rings. The van der Waals surface area contributed by atoms with E-state index in [0.717, 1.165) is 5.57 Å². The van der Waals surface area contributed by atoms with Gasteiger partial charge in [-0.15, -0.1) is 0 Å². The van der Waals surface area contributed by atoms with Crippen LogP contribution in [0.2, 0.25) is 54.4 Å². The number of benzene rings is 1. The van der Waals surface area contributed by atoms with E-state index in [9.17, 15) is 4.79 Å². The Kier molecular flexibility index (Phi) is 8.93. The van der Waals surface area contributed by atoms with Gasteiger partial charge in [0.2, 0.25) is 0 Å². The molecule has 1 radical (unpaired) electrons. The number of ketones is 1. The third-order valence-electron chi connectivity index (χ3n) is 10.5. The zero-order valence-electron chi connectivity index (χ0n) is 26.8. The lowest BCUT2D eigenvalue weighted by Crippen LogP contribution is -2.55. The SMILES string of the molecule is CC(C)(C)[Si](C)(C)C1=C2C(=Cc3ccccc32)C(=O)C([Si](C)(C)C(C)(C)C)=C1[Si](C)(C)C(C)(C)C.O[B]O. The van der Waals surface area contributed by atoms with Gasteiger partial charge in [-0.05, 0) is 43.1 Å². The number of allylic oxidation sites excluding steroid dienone is 5. The molecule has 0 bridgehead atoms. The predicted molar refractivity (Wildman–Crippen MR) is 175 cm³/mol. The first-order chi connectivity index (χ1) is 16.9. The quantitative estimate of drug-likeness (QED) is 0.361. The van der Waals surface area contributed by atoms with E-state index in [1.165, 1.54) is 27.1 Å². The van der Waals surface area contributed by atoms with E-state index in [1.54, 1.807) is 5.20 Å². The first kappa shape index (κ1) is 33.0. The van der Waals surface area contributed by atoms with Crippen LogP contribution >= 0.6 is 0 Å². The van der Waals surface area contributed by atoms with Crippen molar-refractivity contribution in [3.63, 3.8) is 0 Å². The van der Waals surface area contributed by atoms with Gasteiger partial charge < -0.3 is 10.0 Å². The van der Waals surface area contributed by atoms with E-state index in [1.807, 2.05) is 0 Å². The van der Waals surface area contributed by atoms with Crippen LogP contribution in [0.3, 0.4) is 0 Å². The summed E-state index contributed by atoms with van der Waals surface area (Å²) < 4.78 is 0. The van der Waals surface area contributed by atoms with E-state index in [2.05, 4.69) is 132 Å². The summed E-state index contributed by atoms with van der Waals surface area (Å²) in [6.45, 7) is 36.8. The van der Waals surface area contributed by atoms with Gasteiger partial charge in [-0.1, -0.05) is 136 Å². The van der Waals surface area contributed by atoms with Gasteiger partial charge in [-0.25, -0.2) is 0 Å². The molecule has 2 N–H and O–H groups in total. The van der Waals surface area contributed by atoms with Crippen molar-refractivity contribution in [1.29, 1.82) is 0 Å². The maximum atomic E-state index is 14.8. The minimum Gasteiger partial charge on any atom is -0.429 e. The Hall–Kier alpha value is -1.25. The monoisotopic (exact) mass is 567 g/mol. The van der Waals surface area contributed by atoms with Crippen LogP contribution in [0.1, 0.15) is 73.4 Å². The summed E-state index contributed by atoms with van der Waals surface area (Å²) in [5.74, 6) is 0.338. The minimum atomic E-state index is -2.15. The Morgan fingerprint density at radius 1 is 0.632 bits per heavy atom. The normalized spacial score (nSPS) is 17.1. The van der Waals surface area contributed by atoms with Crippen molar-refractivity contribution in [2.24, 2.45) is 0 Å². The first-order valence-corrected chi connectivity index (χ1v) is 22.9. The summed E-state index contributed by atoms with van der Waals surface area (Å²) in [6, 6.07) is 8.72. The van der Waals surface area contributed by atoms with Crippen LogP contribution in [0.25, 0.3) is 11.6 Å². The van der Waals surface area contributed by atoms with Gasteiger partial charge in [-0.2, -0.15) is 0 Å². The van der Waals surface area contributed by atoms with Crippen molar-refractivity contribution >= 4 is 49.3 Å². The fourth-order valence-electron chi connectivity index (χ4n) is 5.14. The summed E-state index contributed by atoms with van der Waals surface area (Å²) in [6.07, 6.45) is 2.22. The van der Waals surface area contributed by atoms with Gasteiger partial charge in [0.15, 0.2) is 5.78 Å². The van der Waals surface area contributed by atoms with Crippen LogP contribution in [0, 0.1) is 0 Å². The van der Waals surface area contributed by atoms with E-state index in [-0.39, 0.29) is 22.8 Å². The summed E-state index contributed by atoms with van der Waals surface area (Å²) in [5, 5.41) is 18.8.